The summed E-state index contributed by atoms with van der Waals surface area (Å²) in [5.41, 5.74) is 1.66. The molecule has 0 unspecified atom stereocenters. The molecule has 0 radical (unpaired) electrons. The van der Waals surface area contributed by atoms with E-state index >= 15 is 0 Å². The van der Waals surface area contributed by atoms with E-state index in [1.807, 2.05) is 58.9 Å². The fourth-order valence-corrected chi connectivity index (χ4v) is 2.46. The lowest BCUT2D eigenvalue weighted by molar-refractivity contribution is -0.137. The quantitative estimate of drug-likeness (QED) is 0.696. The molecule has 0 heterocycles. The fourth-order valence-electron chi connectivity index (χ4n) is 2.46. The molecule has 0 bridgehead atoms. The maximum atomic E-state index is 12.5. The van der Waals surface area contributed by atoms with Crippen molar-refractivity contribution in [3.05, 3.63) is 29.8 Å². The van der Waals surface area contributed by atoms with Gasteiger partial charge in [-0.05, 0) is 30.9 Å². The molecule has 0 aliphatic heterocycles. The van der Waals surface area contributed by atoms with Crippen LogP contribution >= 0.6 is 0 Å². The van der Waals surface area contributed by atoms with Gasteiger partial charge in [0.2, 0.25) is 17.7 Å². The number of nitrogens with one attached hydrogen (secondary N) is 2. The van der Waals surface area contributed by atoms with Crippen LogP contribution in [0.1, 0.15) is 52.5 Å². The van der Waals surface area contributed by atoms with Crippen LogP contribution in [0.4, 0.5) is 5.69 Å². The number of anilines is 1. The zero-order valence-electron chi connectivity index (χ0n) is 17.2. The highest BCUT2D eigenvalue weighted by Gasteiger charge is 2.22. The van der Waals surface area contributed by atoms with E-state index in [9.17, 15) is 14.4 Å². The summed E-state index contributed by atoms with van der Waals surface area (Å²) in [6, 6.07) is 7.43. The van der Waals surface area contributed by atoms with E-state index in [-0.39, 0.29) is 36.2 Å². The number of hydrogen-bond acceptors (Lipinski definition) is 3. The molecule has 0 saturated carbocycles. The molecule has 27 heavy (non-hydrogen) atoms. The zero-order chi connectivity index (χ0) is 20.4. The lowest BCUT2D eigenvalue weighted by atomic mass is 9.91. The Morgan fingerprint density at radius 1 is 1.04 bits per heavy atom. The number of hydrogen-bond donors (Lipinski definition) is 2. The number of unbranched alkanes of at least 4 members (excludes halogenated alkanes) is 1. The van der Waals surface area contributed by atoms with Gasteiger partial charge in [-0.1, -0.05) is 51.8 Å². The topological polar surface area (TPSA) is 78.5 Å². The lowest BCUT2D eigenvalue weighted by Crippen LogP contribution is -2.44. The number of carbonyl (C=O) groups excluding carboxylic acids is 3. The highest BCUT2D eigenvalue weighted by molar-refractivity contribution is 5.95. The number of aryl methyl sites for hydroxylation is 1. The van der Waals surface area contributed by atoms with Crippen molar-refractivity contribution < 1.29 is 14.4 Å². The molecule has 0 aliphatic carbocycles. The van der Waals surface area contributed by atoms with Crippen LogP contribution in [0.3, 0.4) is 0 Å². The summed E-state index contributed by atoms with van der Waals surface area (Å²) in [7, 11) is 0. The summed E-state index contributed by atoms with van der Waals surface area (Å²) < 4.78 is 0. The maximum Gasteiger partial charge on any atom is 0.243 e. The Bertz CT molecular complexity index is 633. The Morgan fingerprint density at radius 3 is 2.22 bits per heavy atom. The summed E-state index contributed by atoms with van der Waals surface area (Å²) in [6.45, 7) is 10.4. The van der Waals surface area contributed by atoms with E-state index in [1.54, 1.807) is 4.90 Å². The van der Waals surface area contributed by atoms with Gasteiger partial charge >= 0.3 is 0 Å². The Labute approximate surface area is 162 Å². The van der Waals surface area contributed by atoms with Crippen LogP contribution in [0, 0.1) is 12.3 Å². The number of rotatable bonds is 9. The van der Waals surface area contributed by atoms with Gasteiger partial charge in [-0.2, -0.15) is 0 Å². The average Bonchev–Trinajstić information content (AvgIpc) is 2.57. The second-order valence-corrected chi connectivity index (χ2v) is 8.10. The van der Waals surface area contributed by atoms with Gasteiger partial charge in [0.25, 0.3) is 0 Å². The lowest BCUT2D eigenvalue weighted by Gasteiger charge is -2.26. The number of nitrogens with zero attached hydrogens (tertiary/aromatic N) is 1. The molecule has 150 valence electrons. The molecule has 0 spiro atoms. The fraction of sp³-hybridized carbons (Fsp3) is 0.571. The van der Waals surface area contributed by atoms with E-state index in [0.29, 0.717) is 18.7 Å². The van der Waals surface area contributed by atoms with Crippen molar-refractivity contribution >= 4 is 23.4 Å². The van der Waals surface area contributed by atoms with E-state index in [1.165, 1.54) is 0 Å². The minimum absolute atomic E-state index is 0.0211. The van der Waals surface area contributed by atoms with Crippen LogP contribution in [-0.4, -0.2) is 42.3 Å². The standard InChI is InChI=1S/C21H33N3O3/c1-6-7-12-24(20(27)13-21(3,4)5)15-19(26)22-14-18(25)23-17-10-8-16(2)9-11-17/h8-11H,6-7,12-15H2,1-5H3,(H,22,26)(H,23,25). The molecule has 6 heteroatoms. The van der Waals surface area contributed by atoms with Crippen molar-refractivity contribution in [1.82, 2.24) is 10.2 Å². The van der Waals surface area contributed by atoms with Crippen LogP contribution in [-0.2, 0) is 14.4 Å². The van der Waals surface area contributed by atoms with Gasteiger partial charge in [-0.3, -0.25) is 14.4 Å². The molecule has 0 atom stereocenters. The third-order valence-electron chi connectivity index (χ3n) is 3.93. The van der Waals surface area contributed by atoms with E-state index < -0.39 is 0 Å². The van der Waals surface area contributed by atoms with E-state index in [0.717, 1.165) is 18.4 Å². The first kappa shape index (κ1) is 22.7. The number of benzene rings is 1. The van der Waals surface area contributed by atoms with Crippen LogP contribution in [0.5, 0.6) is 0 Å². The first-order chi connectivity index (χ1) is 12.6. The highest BCUT2D eigenvalue weighted by Crippen LogP contribution is 2.20. The first-order valence-corrected chi connectivity index (χ1v) is 9.51. The summed E-state index contributed by atoms with van der Waals surface area (Å²) in [5, 5.41) is 5.33. The minimum atomic E-state index is -0.326. The molecule has 0 saturated heterocycles. The Hall–Kier alpha value is -2.37. The summed E-state index contributed by atoms with van der Waals surface area (Å²) in [4.78, 5) is 38.2. The van der Waals surface area contributed by atoms with Crippen molar-refractivity contribution in [2.75, 3.05) is 25.0 Å². The molecule has 1 aromatic carbocycles. The Morgan fingerprint density at radius 2 is 1.67 bits per heavy atom. The van der Waals surface area contributed by atoms with Crippen molar-refractivity contribution in [2.24, 2.45) is 5.41 Å². The molecule has 1 aromatic rings. The van der Waals surface area contributed by atoms with Gasteiger partial charge < -0.3 is 15.5 Å². The van der Waals surface area contributed by atoms with E-state index in [2.05, 4.69) is 10.6 Å². The van der Waals surface area contributed by atoms with Crippen molar-refractivity contribution in [2.45, 2.75) is 53.9 Å². The van der Waals surface area contributed by atoms with Gasteiger partial charge in [-0.15, -0.1) is 0 Å². The minimum Gasteiger partial charge on any atom is -0.345 e. The molecular weight excluding hydrogens is 342 g/mol. The van der Waals surface area contributed by atoms with Crippen LogP contribution in [0.15, 0.2) is 24.3 Å². The largest absolute Gasteiger partial charge is 0.345 e. The predicted octanol–water partition coefficient (Wildman–Crippen LogP) is 3.11. The second kappa shape index (κ2) is 10.7. The summed E-state index contributed by atoms with van der Waals surface area (Å²) >= 11 is 0. The van der Waals surface area contributed by atoms with Crippen molar-refractivity contribution in [3.63, 3.8) is 0 Å². The highest BCUT2D eigenvalue weighted by atomic mass is 16.2. The van der Waals surface area contributed by atoms with Crippen molar-refractivity contribution in [3.8, 4) is 0 Å². The van der Waals surface area contributed by atoms with Gasteiger partial charge in [0.05, 0.1) is 13.1 Å². The SMILES string of the molecule is CCCCN(CC(=O)NCC(=O)Nc1ccc(C)cc1)C(=O)CC(C)(C)C. The van der Waals surface area contributed by atoms with E-state index in [4.69, 9.17) is 0 Å². The number of amides is 3. The maximum absolute atomic E-state index is 12.5. The molecule has 1 rings (SSSR count). The third kappa shape index (κ3) is 9.78. The summed E-state index contributed by atoms with van der Waals surface area (Å²) in [6.07, 6.45) is 2.18. The molecule has 0 fully saturated rings. The predicted molar refractivity (Wildman–Crippen MR) is 108 cm³/mol. The molecule has 0 aliphatic rings. The molecule has 2 N–H and O–H groups in total. The van der Waals surface area contributed by atoms with Gasteiger partial charge in [0.1, 0.15) is 0 Å². The van der Waals surface area contributed by atoms with Crippen LogP contribution in [0.2, 0.25) is 0 Å². The first-order valence-electron chi connectivity index (χ1n) is 9.51. The molecule has 3 amide bonds. The average molecular weight is 376 g/mol. The van der Waals surface area contributed by atoms with Crippen LogP contribution < -0.4 is 10.6 Å². The smallest absolute Gasteiger partial charge is 0.243 e. The van der Waals surface area contributed by atoms with Gasteiger partial charge in [-0.25, -0.2) is 0 Å². The second-order valence-electron chi connectivity index (χ2n) is 8.10. The van der Waals surface area contributed by atoms with Gasteiger partial charge in [0.15, 0.2) is 0 Å². The third-order valence-corrected chi connectivity index (χ3v) is 3.93. The van der Waals surface area contributed by atoms with Crippen LogP contribution in [0.25, 0.3) is 0 Å². The number of carbonyl (C=O) groups is 3. The monoisotopic (exact) mass is 375 g/mol. The van der Waals surface area contributed by atoms with Crippen molar-refractivity contribution in [1.29, 1.82) is 0 Å². The normalized spacial score (nSPS) is 11.0. The molecular formula is C21H33N3O3. The van der Waals surface area contributed by atoms with Gasteiger partial charge in [0, 0.05) is 18.7 Å². The Kier molecular flexibility index (Phi) is 8.98. The zero-order valence-corrected chi connectivity index (χ0v) is 17.2. The molecule has 6 nitrogen and oxygen atoms in total. The Balaban J connectivity index is 2.51. The summed E-state index contributed by atoms with van der Waals surface area (Å²) in [5.74, 6) is -0.657. The molecule has 0 aromatic heterocycles.